The number of sulfone groups is 1. The van der Waals surface area contributed by atoms with Crippen molar-refractivity contribution in [1.29, 1.82) is 0 Å². The summed E-state index contributed by atoms with van der Waals surface area (Å²) in [6.45, 7) is 0.778. The van der Waals surface area contributed by atoms with Gasteiger partial charge in [0.15, 0.2) is 15.6 Å². The molecule has 2 fully saturated rings. The summed E-state index contributed by atoms with van der Waals surface area (Å²) in [5.41, 5.74) is 1.98. The summed E-state index contributed by atoms with van der Waals surface area (Å²) in [6, 6.07) is 14.7. The van der Waals surface area contributed by atoms with Crippen molar-refractivity contribution in [1.82, 2.24) is 14.4 Å². The number of carbonyl (C=O) groups is 1. The number of amides is 1. The molecule has 0 aliphatic carbocycles. The molecule has 2 aromatic carbocycles. The van der Waals surface area contributed by atoms with Gasteiger partial charge in [-0.1, -0.05) is 35.5 Å². The molecule has 2 aliphatic heterocycles. The van der Waals surface area contributed by atoms with Crippen LogP contribution < -0.4 is 0 Å². The summed E-state index contributed by atoms with van der Waals surface area (Å²) in [5, 5.41) is 3.92. The minimum Gasteiger partial charge on any atom is -0.355 e. The molecule has 1 atom stereocenters. The van der Waals surface area contributed by atoms with Crippen LogP contribution in [0.2, 0.25) is 0 Å². The van der Waals surface area contributed by atoms with E-state index in [2.05, 4.69) is 5.16 Å². The molecule has 3 aromatic rings. The highest BCUT2D eigenvalue weighted by Gasteiger charge is 2.41. The van der Waals surface area contributed by atoms with Crippen molar-refractivity contribution in [3.8, 4) is 11.3 Å². The van der Waals surface area contributed by atoms with Crippen molar-refractivity contribution < 1.29 is 26.2 Å². The van der Waals surface area contributed by atoms with Crippen LogP contribution in [0, 0.1) is 0 Å². The number of piperazine rings is 1. The first-order valence-corrected chi connectivity index (χ1v) is 14.0. The molecule has 0 bridgehead atoms. The van der Waals surface area contributed by atoms with Crippen molar-refractivity contribution in [3.63, 3.8) is 0 Å². The van der Waals surface area contributed by atoms with Crippen LogP contribution in [-0.2, 0) is 19.9 Å². The number of carbonyl (C=O) groups excluding carboxylic acids is 1. The topological polar surface area (TPSA) is 118 Å². The Morgan fingerprint density at radius 1 is 1.03 bits per heavy atom. The molecule has 33 heavy (non-hydrogen) atoms. The van der Waals surface area contributed by atoms with Gasteiger partial charge in [-0.15, -0.1) is 0 Å². The molecule has 0 saturated carbocycles. The van der Waals surface area contributed by atoms with Gasteiger partial charge in [0, 0.05) is 37.3 Å². The fraction of sp³-hybridized carbons (Fsp3) is 0.364. The maximum atomic E-state index is 13.1. The van der Waals surface area contributed by atoms with E-state index < -0.39 is 25.1 Å². The molecule has 0 spiro atoms. The van der Waals surface area contributed by atoms with Crippen LogP contribution >= 0.6 is 0 Å². The van der Waals surface area contributed by atoms with Gasteiger partial charge in [-0.2, -0.15) is 4.31 Å². The van der Waals surface area contributed by atoms with Gasteiger partial charge in [0.05, 0.1) is 22.1 Å². The Morgan fingerprint density at radius 2 is 1.76 bits per heavy atom. The first-order chi connectivity index (χ1) is 15.7. The molecule has 174 valence electrons. The highest BCUT2D eigenvalue weighted by atomic mass is 32.2. The number of rotatable bonds is 4. The normalized spacial score (nSPS) is 21.5. The van der Waals surface area contributed by atoms with Crippen LogP contribution in [0.4, 0.5) is 0 Å². The number of nitrogens with zero attached hydrogens (tertiary/aromatic N) is 3. The average molecular weight is 490 g/mol. The third-order valence-corrected chi connectivity index (χ3v) is 10.6. The van der Waals surface area contributed by atoms with Crippen LogP contribution in [0.3, 0.4) is 0 Å². The summed E-state index contributed by atoms with van der Waals surface area (Å²) in [7, 11) is -7.01. The van der Waals surface area contributed by atoms with Crippen LogP contribution in [0.5, 0.6) is 0 Å². The Bertz CT molecular complexity index is 1410. The summed E-state index contributed by atoms with van der Waals surface area (Å²) < 4.78 is 55.9. The number of hydrogen-bond acceptors (Lipinski definition) is 7. The van der Waals surface area contributed by atoms with E-state index in [0.717, 1.165) is 10.9 Å². The Kier molecular flexibility index (Phi) is 5.50. The third kappa shape index (κ3) is 4.16. The second kappa shape index (κ2) is 8.23. The van der Waals surface area contributed by atoms with Crippen molar-refractivity contribution in [3.05, 3.63) is 54.1 Å². The van der Waals surface area contributed by atoms with E-state index in [9.17, 15) is 21.6 Å². The lowest BCUT2D eigenvalue weighted by atomic mass is 10.1. The molecule has 11 heteroatoms. The lowest BCUT2D eigenvalue weighted by Crippen LogP contribution is -2.52. The zero-order valence-electron chi connectivity index (χ0n) is 17.8. The zero-order chi connectivity index (χ0) is 23.2. The SMILES string of the molecule is O=C(c1ccc2noc(-c3ccccc3)c2c1)N1CCN(S(=O)(=O)C2CCS(=O)(=O)C2)CC1. The predicted molar refractivity (Wildman–Crippen MR) is 123 cm³/mol. The first kappa shape index (κ1) is 22.1. The van der Waals surface area contributed by atoms with Crippen molar-refractivity contribution in [2.45, 2.75) is 11.7 Å². The standard InChI is InChI=1S/C22H23N3O6S2/c26-22(17-6-7-20-19(14-17)21(31-23-20)16-4-2-1-3-5-16)24-9-11-25(12-10-24)33(29,30)18-8-13-32(27,28)15-18/h1-7,14,18H,8-13,15H2. The molecule has 9 nitrogen and oxygen atoms in total. The van der Waals surface area contributed by atoms with Gasteiger partial charge in [0.1, 0.15) is 5.52 Å². The lowest BCUT2D eigenvalue weighted by Gasteiger charge is -2.35. The molecular weight excluding hydrogens is 466 g/mol. The molecule has 1 unspecified atom stereocenters. The molecule has 2 aliphatic rings. The van der Waals surface area contributed by atoms with E-state index >= 15 is 0 Å². The minimum absolute atomic E-state index is 0.0916. The van der Waals surface area contributed by atoms with Gasteiger partial charge in [-0.25, -0.2) is 16.8 Å². The van der Waals surface area contributed by atoms with Gasteiger partial charge < -0.3 is 9.42 Å². The summed E-state index contributed by atoms with van der Waals surface area (Å²) in [5.74, 6) is -0.0249. The van der Waals surface area contributed by atoms with E-state index in [1.54, 1.807) is 23.1 Å². The maximum absolute atomic E-state index is 13.1. The Balaban J connectivity index is 1.31. The summed E-state index contributed by atoms with van der Waals surface area (Å²) in [4.78, 5) is 14.8. The van der Waals surface area contributed by atoms with E-state index in [1.807, 2.05) is 30.3 Å². The van der Waals surface area contributed by atoms with E-state index in [1.165, 1.54) is 4.31 Å². The lowest BCUT2D eigenvalue weighted by molar-refractivity contribution is 0.0697. The number of hydrogen-bond donors (Lipinski definition) is 0. The number of fused-ring (bicyclic) bond motifs is 1. The minimum atomic E-state index is -3.71. The predicted octanol–water partition coefficient (Wildman–Crippen LogP) is 1.77. The van der Waals surface area contributed by atoms with Crippen LogP contribution in [0.15, 0.2) is 53.1 Å². The molecule has 2 saturated heterocycles. The van der Waals surface area contributed by atoms with Gasteiger partial charge >= 0.3 is 0 Å². The first-order valence-electron chi connectivity index (χ1n) is 10.7. The third-order valence-electron chi connectivity index (χ3n) is 6.26. The number of sulfonamides is 1. The molecule has 1 aromatic heterocycles. The fourth-order valence-corrected chi connectivity index (χ4v) is 8.92. The van der Waals surface area contributed by atoms with E-state index in [0.29, 0.717) is 16.8 Å². The fourth-order valence-electron chi connectivity index (χ4n) is 4.41. The van der Waals surface area contributed by atoms with E-state index in [4.69, 9.17) is 4.52 Å². The Morgan fingerprint density at radius 3 is 2.42 bits per heavy atom. The number of benzene rings is 2. The van der Waals surface area contributed by atoms with Crippen molar-refractivity contribution in [2.24, 2.45) is 0 Å². The molecule has 5 rings (SSSR count). The summed E-state index contributed by atoms with van der Waals surface area (Å²) in [6.07, 6.45) is 0.131. The monoisotopic (exact) mass is 489 g/mol. The second-order valence-corrected chi connectivity index (χ2v) is 12.8. The highest BCUT2D eigenvalue weighted by Crippen LogP contribution is 2.30. The summed E-state index contributed by atoms with van der Waals surface area (Å²) >= 11 is 0. The van der Waals surface area contributed by atoms with Crippen LogP contribution in [0.1, 0.15) is 16.8 Å². The molecule has 3 heterocycles. The van der Waals surface area contributed by atoms with E-state index in [-0.39, 0.29) is 50.0 Å². The largest absolute Gasteiger partial charge is 0.355 e. The smallest absolute Gasteiger partial charge is 0.253 e. The van der Waals surface area contributed by atoms with Gasteiger partial charge in [-0.3, -0.25) is 4.79 Å². The average Bonchev–Trinajstić information content (AvgIpc) is 3.42. The zero-order valence-corrected chi connectivity index (χ0v) is 19.4. The molecule has 0 N–H and O–H groups in total. The quantitative estimate of drug-likeness (QED) is 0.548. The molecule has 1 amide bonds. The van der Waals surface area contributed by atoms with Crippen molar-refractivity contribution >= 4 is 36.7 Å². The molecular formula is C22H23N3O6S2. The maximum Gasteiger partial charge on any atom is 0.253 e. The van der Waals surface area contributed by atoms with Gasteiger partial charge in [0.25, 0.3) is 5.91 Å². The van der Waals surface area contributed by atoms with Gasteiger partial charge in [-0.05, 0) is 24.6 Å². The highest BCUT2D eigenvalue weighted by molar-refractivity contribution is 7.95. The van der Waals surface area contributed by atoms with Crippen LogP contribution in [-0.4, -0.2) is 80.0 Å². The Hall–Kier alpha value is -2.76. The Labute approximate surface area is 191 Å². The number of aromatic nitrogens is 1. The van der Waals surface area contributed by atoms with Crippen LogP contribution in [0.25, 0.3) is 22.2 Å². The second-order valence-electron chi connectivity index (χ2n) is 8.37. The van der Waals surface area contributed by atoms with Gasteiger partial charge in [0.2, 0.25) is 10.0 Å². The van der Waals surface area contributed by atoms with Crippen molar-refractivity contribution in [2.75, 3.05) is 37.7 Å². The molecule has 0 radical (unpaired) electrons.